The van der Waals surface area contributed by atoms with Gasteiger partial charge in [0.05, 0.1) is 16.6 Å². The van der Waals surface area contributed by atoms with Crippen molar-refractivity contribution in [3.05, 3.63) is 77.4 Å². The number of fused-ring (bicyclic) bond motifs is 1. The number of imidazole rings is 1. The molecule has 3 aromatic carbocycles. The van der Waals surface area contributed by atoms with Crippen LogP contribution in [0.15, 0.2) is 60.7 Å². The number of hydrogen-bond acceptors (Lipinski definition) is 3. The van der Waals surface area contributed by atoms with Crippen molar-refractivity contribution in [3.63, 3.8) is 0 Å². The molecule has 0 spiro atoms. The van der Waals surface area contributed by atoms with Crippen LogP contribution in [-0.2, 0) is 0 Å². The predicted octanol–water partition coefficient (Wildman–Crippen LogP) is 5.34. The molecule has 0 radical (unpaired) electrons. The zero-order valence-electron chi connectivity index (χ0n) is 15.0. The molecule has 2 N–H and O–H groups in total. The van der Waals surface area contributed by atoms with Crippen LogP contribution in [0.4, 0.5) is 0 Å². The summed E-state index contributed by atoms with van der Waals surface area (Å²) in [4.78, 5) is 18.8. The van der Waals surface area contributed by atoms with Crippen molar-refractivity contribution in [1.29, 1.82) is 0 Å². The largest absolute Gasteiger partial charge is 0.478 e. The number of aryl methyl sites for hydroxylation is 2. The number of rotatable bonds is 4. The molecule has 5 heteroatoms. The summed E-state index contributed by atoms with van der Waals surface area (Å²) >= 11 is 0. The molecule has 0 amide bonds. The molecule has 4 rings (SSSR count). The monoisotopic (exact) mass is 358 g/mol. The summed E-state index contributed by atoms with van der Waals surface area (Å²) in [5.41, 5.74) is 4.97. The smallest absolute Gasteiger partial charge is 0.335 e. The van der Waals surface area contributed by atoms with Crippen LogP contribution in [0.25, 0.3) is 22.4 Å². The molecule has 0 aliphatic heterocycles. The second-order valence-electron chi connectivity index (χ2n) is 6.49. The number of aromatic carboxylic acids is 1. The number of ether oxygens (including phenoxy) is 1. The fourth-order valence-electron chi connectivity index (χ4n) is 2.87. The van der Waals surface area contributed by atoms with Crippen molar-refractivity contribution < 1.29 is 14.6 Å². The van der Waals surface area contributed by atoms with Crippen molar-refractivity contribution in [2.45, 2.75) is 13.8 Å². The van der Waals surface area contributed by atoms with E-state index in [2.05, 4.69) is 23.8 Å². The standard InChI is InChI=1S/C22H18N2O3/c1-13-3-7-18(11-14(13)2)27-17-8-4-15(5-9-17)21-23-19-10-6-16(22(25)26)12-20(19)24-21/h3-12H,1-2H3,(H,23,24)(H,25,26). The average molecular weight is 358 g/mol. The van der Waals surface area contributed by atoms with Crippen LogP contribution >= 0.6 is 0 Å². The highest BCUT2D eigenvalue weighted by molar-refractivity contribution is 5.93. The van der Waals surface area contributed by atoms with E-state index in [0.717, 1.165) is 22.6 Å². The van der Waals surface area contributed by atoms with Gasteiger partial charge in [-0.25, -0.2) is 9.78 Å². The first-order valence-electron chi connectivity index (χ1n) is 8.58. The number of hydrogen-bond donors (Lipinski definition) is 2. The van der Waals surface area contributed by atoms with Gasteiger partial charge in [-0.05, 0) is 79.6 Å². The lowest BCUT2D eigenvalue weighted by Gasteiger charge is -2.08. The van der Waals surface area contributed by atoms with Crippen LogP contribution in [-0.4, -0.2) is 21.0 Å². The Morgan fingerprint density at radius 2 is 1.67 bits per heavy atom. The fraction of sp³-hybridized carbons (Fsp3) is 0.0909. The molecule has 0 saturated heterocycles. The Bertz CT molecular complexity index is 1140. The molecule has 5 nitrogen and oxygen atoms in total. The summed E-state index contributed by atoms with van der Waals surface area (Å²) in [5, 5.41) is 9.10. The lowest BCUT2D eigenvalue weighted by molar-refractivity contribution is 0.0697. The van der Waals surface area contributed by atoms with Gasteiger partial charge in [0.15, 0.2) is 0 Å². The zero-order chi connectivity index (χ0) is 19.0. The number of nitrogens with zero attached hydrogens (tertiary/aromatic N) is 1. The average Bonchev–Trinajstić information content (AvgIpc) is 3.08. The van der Waals surface area contributed by atoms with E-state index in [1.807, 2.05) is 42.5 Å². The van der Waals surface area contributed by atoms with E-state index in [0.29, 0.717) is 11.3 Å². The third-order valence-electron chi connectivity index (χ3n) is 4.57. The third kappa shape index (κ3) is 3.40. The first-order chi connectivity index (χ1) is 13.0. The van der Waals surface area contributed by atoms with E-state index < -0.39 is 5.97 Å². The zero-order valence-corrected chi connectivity index (χ0v) is 15.0. The lowest BCUT2D eigenvalue weighted by Crippen LogP contribution is -1.94. The normalized spacial score (nSPS) is 10.9. The number of carboxylic acids is 1. The van der Waals surface area contributed by atoms with E-state index in [9.17, 15) is 4.79 Å². The van der Waals surface area contributed by atoms with Gasteiger partial charge in [-0.3, -0.25) is 0 Å². The summed E-state index contributed by atoms with van der Waals surface area (Å²) in [6.45, 7) is 4.13. The number of aromatic nitrogens is 2. The number of aromatic amines is 1. The maximum Gasteiger partial charge on any atom is 0.335 e. The van der Waals surface area contributed by atoms with Crippen LogP contribution in [0.2, 0.25) is 0 Å². The lowest BCUT2D eigenvalue weighted by atomic mass is 10.1. The van der Waals surface area contributed by atoms with E-state index in [-0.39, 0.29) is 5.56 Å². The second-order valence-corrected chi connectivity index (χ2v) is 6.49. The minimum Gasteiger partial charge on any atom is -0.478 e. The van der Waals surface area contributed by atoms with Crippen molar-refractivity contribution in [1.82, 2.24) is 9.97 Å². The van der Waals surface area contributed by atoms with Gasteiger partial charge >= 0.3 is 5.97 Å². The number of carboxylic acid groups (broad SMARTS) is 1. The van der Waals surface area contributed by atoms with E-state index in [1.54, 1.807) is 18.2 Å². The van der Waals surface area contributed by atoms with Crippen LogP contribution < -0.4 is 4.74 Å². The Balaban J connectivity index is 1.59. The second kappa shape index (κ2) is 6.61. The van der Waals surface area contributed by atoms with Gasteiger partial charge in [-0.15, -0.1) is 0 Å². The molecule has 0 fully saturated rings. The van der Waals surface area contributed by atoms with Gasteiger partial charge in [0.25, 0.3) is 0 Å². The van der Waals surface area contributed by atoms with E-state index >= 15 is 0 Å². The summed E-state index contributed by atoms with van der Waals surface area (Å²) in [7, 11) is 0. The first kappa shape index (κ1) is 16.8. The molecule has 1 aromatic heterocycles. The molecule has 0 bridgehead atoms. The molecule has 0 unspecified atom stereocenters. The Hall–Kier alpha value is -3.60. The molecular weight excluding hydrogens is 340 g/mol. The van der Waals surface area contributed by atoms with E-state index in [4.69, 9.17) is 9.84 Å². The number of H-pyrrole nitrogens is 1. The molecule has 27 heavy (non-hydrogen) atoms. The third-order valence-corrected chi connectivity index (χ3v) is 4.57. The Morgan fingerprint density at radius 3 is 2.37 bits per heavy atom. The highest BCUT2D eigenvalue weighted by Gasteiger charge is 2.09. The fourth-order valence-corrected chi connectivity index (χ4v) is 2.87. The quantitative estimate of drug-likeness (QED) is 0.516. The molecule has 0 atom stereocenters. The Morgan fingerprint density at radius 1 is 0.926 bits per heavy atom. The Kier molecular flexibility index (Phi) is 4.12. The number of nitrogens with one attached hydrogen (secondary N) is 1. The van der Waals surface area contributed by atoms with Crippen LogP contribution in [0.3, 0.4) is 0 Å². The summed E-state index contributed by atoms with van der Waals surface area (Å²) in [6.07, 6.45) is 0. The molecule has 1 heterocycles. The first-order valence-corrected chi connectivity index (χ1v) is 8.58. The predicted molar refractivity (Wildman–Crippen MR) is 104 cm³/mol. The Labute approximate surface area is 156 Å². The van der Waals surface area contributed by atoms with Gasteiger partial charge in [-0.1, -0.05) is 6.07 Å². The van der Waals surface area contributed by atoms with Gasteiger partial charge in [-0.2, -0.15) is 0 Å². The van der Waals surface area contributed by atoms with Crippen molar-refractivity contribution in [2.24, 2.45) is 0 Å². The minimum absolute atomic E-state index is 0.231. The van der Waals surface area contributed by atoms with Crippen LogP contribution in [0, 0.1) is 13.8 Å². The van der Waals surface area contributed by atoms with Crippen LogP contribution in [0.5, 0.6) is 11.5 Å². The van der Waals surface area contributed by atoms with Crippen molar-refractivity contribution >= 4 is 17.0 Å². The van der Waals surface area contributed by atoms with Gasteiger partial charge in [0.1, 0.15) is 17.3 Å². The highest BCUT2D eigenvalue weighted by Crippen LogP contribution is 2.27. The van der Waals surface area contributed by atoms with Crippen molar-refractivity contribution in [3.8, 4) is 22.9 Å². The van der Waals surface area contributed by atoms with Crippen LogP contribution in [0.1, 0.15) is 21.5 Å². The minimum atomic E-state index is -0.958. The maximum absolute atomic E-state index is 11.1. The molecule has 134 valence electrons. The summed E-state index contributed by atoms with van der Waals surface area (Å²) < 4.78 is 5.91. The SMILES string of the molecule is Cc1ccc(Oc2ccc(-c3nc4ccc(C(=O)O)cc4[nH]3)cc2)cc1C. The molecule has 4 aromatic rings. The van der Waals surface area contributed by atoms with Gasteiger partial charge < -0.3 is 14.8 Å². The van der Waals surface area contributed by atoms with E-state index in [1.165, 1.54) is 11.1 Å². The number of benzene rings is 3. The van der Waals surface area contributed by atoms with Gasteiger partial charge in [0, 0.05) is 5.56 Å². The molecular formula is C22H18N2O3. The summed E-state index contributed by atoms with van der Waals surface area (Å²) in [6, 6.07) is 18.5. The molecule has 0 aliphatic carbocycles. The number of carbonyl (C=O) groups is 1. The molecule has 0 aliphatic rings. The molecule has 0 saturated carbocycles. The summed E-state index contributed by atoms with van der Waals surface area (Å²) in [5.74, 6) is 1.27. The topological polar surface area (TPSA) is 75.2 Å². The van der Waals surface area contributed by atoms with Crippen molar-refractivity contribution in [2.75, 3.05) is 0 Å². The highest BCUT2D eigenvalue weighted by atomic mass is 16.5. The van der Waals surface area contributed by atoms with Gasteiger partial charge in [0.2, 0.25) is 0 Å². The maximum atomic E-state index is 11.1.